The molecule has 0 radical (unpaired) electrons. The minimum absolute atomic E-state index is 0.112. The summed E-state index contributed by atoms with van der Waals surface area (Å²) < 4.78 is 50.1. The first-order chi connectivity index (χ1) is 17.4. The molecule has 6 atom stereocenters. The van der Waals surface area contributed by atoms with Gasteiger partial charge in [0.05, 0.1) is 25.0 Å². The number of hydrogen-bond donors (Lipinski definition) is 4. The number of H-pyrrole nitrogens is 1. The molecule has 37 heavy (non-hydrogen) atoms. The van der Waals surface area contributed by atoms with E-state index in [1.807, 2.05) is 0 Å². The summed E-state index contributed by atoms with van der Waals surface area (Å²) in [5, 5.41) is 23.0. The van der Waals surface area contributed by atoms with Crippen LogP contribution >= 0.6 is 7.75 Å². The highest BCUT2D eigenvalue weighted by Crippen LogP contribution is 2.47. The maximum absolute atomic E-state index is 13.7. The number of halogens is 1. The van der Waals surface area contributed by atoms with Crippen LogP contribution in [-0.4, -0.2) is 62.8 Å². The van der Waals surface area contributed by atoms with Crippen molar-refractivity contribution < 1.29 is 42.5 Å². The van der Waals surface area contributed by atoms with Gasteiger partial charge in [0.2, 0.25) is 5.82 Å². The van der Waals surface area contributed by atoms with Crippen LogP contribution in [0.3, 0.4) is 0 Å². The molecular formula is C22H29FN3O10P. The third-order valence-corrected chi connectivity index (χ3v) is 6.92. The van der Waals surface area contributed by atoms with Crippen molar-refractivity contribution in [2.45, 2.75) is 63.9 Å². The Morgan fingerprint density at radius 1 is 1.30 bits per heavy atom. The van der Waals surface area contributed by atoms with Gasteiger partial charge in [-0.15, -0.1) is 0 Å². The van der Waals surface area contributed by atoms with Gasteiger partial charge in [0, 0.05) is 6.42 Å². The van der Waals surface area contributed by atoms with Gasteiger partial charge in [-0.3, -0.25) is 23.7 Å². The van der Waals surface area contributed by atoms with Gasteiger partial charge >= 0.3 is 19.4 Å². The number of aliphatic hydroxyl groups excluding tert-OH is 2. The van der Waals surface area contributed by atoms with Gasteiger partial charge in [-0.1, -0.05) is 18.2 Å². The van der Waals surface area contributed by atoms with Crippen LogP contribution in [0, 0.1) is 5.82 Å². The molecule has 1 saturated heterocycles. The standard InChI is InChI=1S/C22H29FN3O10P/c1-12(2)33-21(30)13(3)25-37(32,35-14-7-5-4-6-8-14)36-17(11-27)19-16(28)9-18(34-19)26-10-15(23)20(29)24-22(26)31/h4-8,10,12-13,16-19,27-28H,9,11H2,1-3H3,(H,25,32)(H,24,29,31)/t13-,16-,17+,18+,19-,37+/m0/s1. The van der Waals surface area contributed by atoms with Gasteiger partial charge in [0.1, 0.15) is 30.2 Å². The van der Waals surface area contributed by atoms with E-state index in [-0.39, 0.29) is 12.2 Å². The molecular weight excluding hydrogens is 516 g/mol. The molecule has 0 saturated carbocycles. The number of aliphatic hydroxyl groups is 2. The summed E-state index contributed by atoms with van der Waals surface area (Å²) in [5.41, 5.74) is -2.20. The molecule has 1 aliphatic heterocycles. The molecule has 0 amide bonds. The van der Waals surface area contributed by atoms with E-state index >= 15 is 0 Å². The zero-order chi connectivity index (χ0) is 27.3. The predicted octanol–water partition coefficient (Wildman–Crippen LogP) is 0.818. The Hall–Kier alpha value is -2.87. The molecule has 0 bridgehead atoms. The van der Waals surface area contributed by atoms with Crippen LogP contribution in [-0.2, 0) is 23.4 Å². The predicted molar refractivity (Wildman–Crippen MR) is 126 cm³/mol. The van der Waals surface area contributed by atoms with Crippen LogP contribution in [0.15, 0.2) is 46.1 Å². The van der Waals surface area contributed by atoms with Gasteiger partial charge in [-0.2, -0.15) is 9.48 Å². The fourth-order valence-corrected chi connectivity index (χ4v) is 5.23. The molecule has 3 rings (SSSR count). The molecule has 1 aromatic carbocycles. The smallest absolute Gasteiger partial charge is 0.459 e. The number of nitrogens with zero attached hydrogens (tertiary/aromatic N) is 1. The van der Waals surface area contributed by atoms with Gasteiger partial charge in [-0.25, -0.2) is 9.36 Å². The van der Waals surface area contributed by atoms with Crippen molar-refractivity contribution in [3.8, 4) is 5.75 Å². The van der Waals surface area contributed by atoms with Gasteiger partial charge in [-0.05, 0) is 32.9 Å². The maximum Gasteiger partial charge on any atom is 0.459 e. The molecule has 1 aromatic heterocycles. The van der Waals surface area contributed by atoms with Crippen LogP contribution < -0.4 is 20.9 Å². The van der Waals surface area contributed by atoms with Crippen molar-refractivity contribution in [1.82, 2.24) is 14.6 Å². The second kappa shape index (κ2) is 12.1. The third-order valence-electron chi connectivity index (χ3n) is 5.22. The van der Waals surface area contributed by atoms with E-state index in [1.165, 1.54) is 19.1 Å². The van der Waals surface area contributed by atoms with Gasteiger partial charge in [0.15, 0.2) is 0 Å². The highest BCUT2D eigenvalue weighted by Gasteiger charge is 2.45. The second-order valence-corrected chi connectivity index (χ2v) is 10.2. The lowest BCUT2D eigenvalue weighted by atomic mass is 10.1. The lowest BCUT2D eigenvalue weighted by molar-refractivity contribution is -0.149. The number of esters is 1. The number of para-hydroxylation sites is 1. The first-order valence-corrected chi connectivity index (χ1v) is 12.9. The highest BCUT2D eigenvalue weighted by atomic mass is 31.2. The van der Waals surface area contributed by atoms with E-state index in [0.29, 0.717) is 6.20 Å². The topological polar surface area (TPSA) is 178 Å². The Balaban J connectivity index is 1.84. The van der Waals surface area contributed by atoms with Crippen LogP contribution in [0.25, 0.3) is 0 Å². The van der Waals surface area contributed by atoms with Crippen molar-refractivity contribution in [1.29, 1.82) is 0 Å². The first kappa shape index (κ1) is 28.7. The van der Waals surface area contributed by atoms with E-state index < -0.39 is 74.1 Å². The molecule has 0 unspecified atom stereocenters. The summed E-state index contributed by atoms with van der Waals surface area (Å²) in [5.74, 6) is -1.88. The quantitative estimate of drug-likeness (QED) is 0.232. The minimum Gasteiger partial charge on any atom is -0.462 e. The summed E-state index contributed by atoms with van der Waals surface area (Å²) in [6.45, 7) is 3.82. The molecule has 0 spiro atoms. The number of carbonyl (C=O) groups is 1. The Morgan fingerprint density at radius 3 is 2.59 bits per heavy atom. The average molecular weight is 545 g/mol. The zero-order valence-corrected chi connectivity index (χ0v) is 21.2. The molecule has 0 aliphatic carbocycles. The van der Waals surface area contributed by atoms with E-state index in [9.17, 15) is 33.6 Å². The number of benzene rings is 1. The van der Waals surface area contributed by atoms with Crippen LogP contribution in [0.2, 0.25) is 0 Å². The van der Waals surface area contributed by atoms with Gasteiger partial charge < -0.3 is 24.2 Å². The summed E-state index contributed by atoms with van der Waals surface area (Å²) in [6.07, 6.45) is -5.51. The molecule has 2 heterocycles. The van der Waals surface area contributed by atoms with Crippen molar-refractivity contribution in [3.05, 3.63) is 63.2 Å². The van der Waals surface area contributed by atoms with Crippen molar-refractivity contribution in [2.75, 3.05) is 6.61 Å². The number of aromatic nitrogens is 2. The van der Waals surface area contributed by atoms with Crippen LogP contribution in [0.1, 0.15) is 33.4 Å². The van der Waals surface area contributed by atoms with Crippen LogP contribution in [0.4, 0.5) is 4.39 Å². The Kier molecular flexibility index (Phi) is 9.40. The van der Waals surface area contributed by atoms with E-state index in [2.05, 4.69) is 5.09 Å². The summed E-state index contributed by atoms with van der Waals surface area (Å²) >= 11 is 0. The van der Waals surface area contributed by atoms with E-state index in [0.717, 1.165) is 4.57 Å². The van der Waals surface area contributed by atoms with E-state index in [4.69, 9.17) is 18.5 Å². The SMILES string of the molecule is CC(C)OC(=O)[C@H](C)N[P@@](=O)(Oc1ccccc1)O[C@H](CO)[C@H]1O[C@@H](n2cc(F)c(=O)[nH]c2=O)C[C@@H]1O. The summed E-state index contributed by atoms with van der Waals surface area (Å²) in [7, 11) is -4.44. The molecule has 204 valence electrons. The lowest BCUT2D eigenvalue weighted by Crippen LogP contribution is -2.42. The number of rotatable bonds is 11. The number of nitrogens with one attached hydrogen (secondary N) is 2. The average Bonchev–Trinajstić information content (AvgIpc) is 3.21. The molecule has 2 aromatic rings. The summed E-state index contributed by atoms with van der Waals surface area (Å²) in [6, 6.07) is 6.70. The second-order valence-electron chi connectivity index (χ2n) is 8.57. The third kappa shape index (κ3) is 7.34. The fraction of sp³-hybridized carbons (Fsp3) is 0.500. The van der Waals surface area contributed by atoms with E-state index in [1.54, 1.807) is 37.0 Å². The molecule has 1 aliphatic rings. The zero-order valence-electron chi connectivity index (χ0n) is 20.3. The van der Waals surface area contributed by atoms with Crippen molar-refractivity contribution in [3.63, 3.8) is 0 Å². The summed E-state index contributed by atoms with van der Waals surface area (Å²) in [4.78, 5) is 37.5. The molecule has 1 fully saturated rings. The molecule has 13 nitrogen and oxygen atoms in total. The largest absolute Gasteiger partial charge is 0.462 e. The van der Waals surface area contributed by atoms with Crippen LogP contribution in [0.5, 0.6) is 5.75 Å². The molecule has 15 heteroatoms. The Bertz CT molecular complexity index is 1240. The number of hydrogen-bond acceptors (Lipinski definition) is 10. The van der Waals surface area contributed by atoms with Gasteiger partial charge in [0.25, 0.3) is 5.56 Å². The fourth-order valence-electron chi connectivity index (χ4n) is 3.56. The molecule has 4 N–H and O–H groups in total. The van der Waals surface area contributed by atoms with Crippen molar-refractivity contribution >= 4 is 13.7 Å². The number of carbonyl (C=O) groups excluding carboxylic acids is 1. The normalized spacial score (nSPS) is 22.8. The number of aromatic amines is 1. The minimum atomic E-state index is -4.44. The monoisotopic (exact) mass is 545 g/mol. The Morgan fingerprint density at radius 2 is 1.97 bits per heavy atom. The highest BCUT2D eigenvalue weighted by molar-refractivity contribution is 7.52. The van der Waals surface area contributed by atoms with Crippen molar-refractivity contribution in [2.24, 2.45) is 0 Å². The number of ether oxygens (including phenoxy) is 2. The lowest BCUT2D eigenvalue weighted by Gasteiger charge is -2.30. The first-order valence-electron chi connectivity index (χ1n) is 11.4. The Labute approximate surface area is 210 Å². The maximum atomic E-state index is 13.7.